The number of aromatic amines is 1. The summed E-state index contributed by atoms with van der Waals surface area (Å²) >= 11 is 11.1. The molecule has 13 heavy (non-hydrogen) atoms. The van der Waals surface area contributed by atoms with E-state index >= 15 is 0 Å². The summed E-state index contributed by atoms with van der Waals surface area (Å²) in [5.74, 6) is 0.417. The van der Waals surface area contributed by atoms with Crippen LogP contribution in [0, 0.1) is 3.82 Å². The van der Waals surface area contributed by atoms with Gasteiger partial charge in [0.2, 0.25) is 0 Å². The van der Waals surface area contributed by atoms with Gasteiger partial charge in [0.15, 0.2) is 9.64 Å². The third kappa shape index (κ3) is 3.81. The Morgan fingerprint density at radius 1 is 1.62 bits per heavy atom. The molecule has 5 nitrogen and oxygen atoms in total. The van der Waals surface area contributed by atoms with Gasteiger partial charge in [0.25, 0.3) is 0 Å². The molecule has 0 aromatic carbocycles. The van der Waals surface area contributed by atoms with Crippen LogP contribution in [0.2, 0.25) is 0 Å². The highest BCUT2D eigenvalue weighted by Crippen LogP contribution is 2.01. The Morgan fingerprint density at radius 2 is 2.38 bits per heavy atom. The summed E-state index contributed by atoms with van der Waals surface area (Å²) in [4.78, 5) is 0. The molecule has 2 aromatic heterocycles. The first-order chi connectivity index (χ1) is 6.20. The predicted molar refractivity (Wildman–Crippen MR) is 58.9 cm³/mol. The lowest BCUT2D eigenvalue weighted by Gasteiger charge is -1.67. The van der Waals surface area contributed by atoms with Crippen molar-refractivity contribution in [3.05, 3.63) is 9.20 Å². The average molecular weight is 251 g/mol. The number of nitrogens with one attached hydrogen (secondary N) is 1. The molecule has 0 aliphatic carbocycles. The fourth-order valence-corrected chi connectivity index (χ4v) is 1.48. The fourth-order valence-electron chi connectivity index (χ4n) is 0.371. The lowest BCUT2D eigenvalue weighted by molar-refractivity contribution is 1.04. The van der Waals surface area contributed by atoms with Gasteiger partial charge in [-0.3, -0.25) is 0 Å². The smallest absolute Gasteiger partial charge is 0.174 e. The molecule has 0 aliphatic rings. The topological polar surface area (TPSA) is 80.5 Å². The predicted octanol–water partition coefficient (Wildman–Crippen LogP) is 1.61. The quantitative estimate of drug-likeness (QED) is 0.489. The maximum atomic E-state index is 5.20. The fraction of sp³-hybridized carbons (Fsp3) is 0. The van der Waals surface area contributed by atoms with Crippen LogP contribution < -0.4 is 5.73 Å². The molecule has 0 spiro atoms. The van der Waals surface area contributed by atoms with E-state index in [1.165, 1.54) is 23.1 Å². The second-order valence-corrected chi connectivity index (χ2v) is 4.27. The summed E-state index contributed by atoms with van der Waals surface area (Å²) in [5.41, 5.74) is 5.20. The number of nitrogen functional groups attached to an aromatic ring is 1. The van der Waals surface area contributed by atoms with Gasteiger partial charge in [-0.05, 0) is 23.1 Å². The number of aromatic nitrogens is 4. The molecule has 0 saturated carbocycles. The molecule has 0 fully saturated rings. The number of thiol groups is 1. The molecule has 0 unspecified atom stereocenters. The summed E-state index contributed by atoms with van der Waals surface area (Å²) in [7, 11) is 0. The second kappa shape index (κ2) is 5.27. The van der Waals surface area contributed by atoms with Gasteiger partial charge in [-0.25, -0.2) is 4.49 Å². The maximum Gasteiger partial charge on any atom is 0.174 e. The number of rotatable bonds is 0. The minimum absolute atomic E-state index is 0.417. The normalized spacial score (nSPS) is 9.00. The van der Waals surface area contributed by atoms with Crippen LogP contribution >= 0.6 is 47.9 Å². The first-order valence-electron chi connectivity index (χ1n) is 2.95. The first-order valence-corrected chi connectivity index (χ1v) is 5.46. The van der Waals surface area contributed by atoms with E-state index < -0.39 is 0 Å². The highest BCUT2D eigenvalue weighted by Gasteiger charge is 1.86. The zero-order valence-corrected chi connectivity index (χ0v) is 9.51. The summed E-state index contributed by atoms with van der Waals surface area (Å²) in [6, 6.07) is 0. The molecule has 70 valence electrons. The van der Waals surface area contributed by atoms with Crippen LogP contribution in [0.1, 0.15) is 0 Å². The Labute approximate surface area is 92.7 Å². The number of H-pyrrole nitrogens is 1. The molecular formula is C4H5N5S4. The Bertz CT molecular complexity index is 389. The van der Waals surface area contributed by atoms with E-state index in [9.17, 15) is 0 Å². The second-order valence-electron chi connectivity index (χ2n) is 1.74. The van der Waals surface area contributed by atoms with E-state index in [0.717, 1.165) is 0 Å². The molecule has 2 heterocycles. The monoisotopic (exact) mass is 251 g/mol. The van der Waals surface area contributed by atoms with Gasteiger partial charge in [0, 0.05) is 5.38 Å². The molecule has 9 heteroatoms. The summed E-state index contributed by atoms with van der Waals surface area (Å²) in [6.07, 6.45) is 0. The zero-order chi connectivity index (χ0) is 9.68. The van der Waals surface area contributed by atoms with E-state index in [1.807, 2.05) is 0 Å². The van der Waals surface area contributed by atoms with Crippen molar-refractivity contribution in [2.75, 3.05) is 5.73 Å². The molecule has 0 atom stereocenters. The molecule has 2 aromatic rings. The standard InChI is InChI=1S/C2H3N3S2.C2H2N2S2/c3-1-2(6)7-5-4-1;5-2-1-6-4-3-2/h5H,(H2,3,4);1,5H. The van der Waals surface area contributed by atoms with E-state index in [-0.39, 0.29) is 0 Å². The maximum absolute atomic E-state index is 5.20. The third-order valence-corrected chi connectivity index (χ3v) is 2.80. The number of hydrogen-bond acceptors (Lipinski definition) is 8. The van der Waals surface area contributed by atoms with Gasteiger partial charge in [-0.15, -0.1) is 22.8 Å². The molecule has 0 amide bonds. The molecule has 3 N–H and O–H groups in total. The van der Waals surface area contributed by atoms with Crippen LogP contribution in [-0.2, 0) is 0 Å². The Balaban J connectivity index is 0.000000132. The van der Waals surface area contributed by atoms with Crippen LogP contribution in [0.5, 0.6) is 0 Å². The van der Waals surface area contributed by atoms with E-state index in [1.54, 1.807) is 5.38 Å². The van der Waals surface area contributed by atoms with Gasteiger partial charge in [-0.1, -0.05) is 16.7 Å². The van der Waals surface area contributed by atoms with Crippen molar-refractivity contribution in [2.45, 2.75) is 5.03 Å². The van der Waals surface area contributed by atoms with Gasteiger partial charge in [0.1, 0.15) is 5.03 Å². The molecule has 0 aliphatic heterocycles. The number of hydrogen-bond donors (Lipinski definition) is 3. The first kappa shape index (κ1) is 10.6. The number of nitrogens with two attached hydrogens (primary N) is 1. The molecule has 0 bridgehead atoms. The highest BCUT2D eigenvalue weighted by molar-refractivity contribution is 7.80. The zero-order valence-electron chi connectivity index (χ0n) is 6.17. The highest BCUT2D eigenvalue weighted by atomic mass is 32.2. The molecule has 0 saturated heterocycles. The van der Waals surface area contributed by atoms with Gasteiger partial charge in [-0.2, -0.15) is 0 Å². The van der Waals surface area contributed by atoms with Crippen molar-refractivity contribution >= 4 is 53.7 Å². The van der Waals surface area contributed by atoms with Crippen LogP contribution in [0.3, 0.4) is 0 Å². The van der Waals surface area contributed by atoms with Crippen molar-refractivity contribution in [1.82, 2.24) is 19.2 Å². The Kier molecular flexibility index (Phi) is 4.28. The van der Waals surface area contributed by atoms with Crippen molar-refractivity contribution in [1.29, 1.82) is 0 Å². The van der Waals surface area contributed by atoms with Gasteiger partial charge >= 0.3 is 0 Å². The van der Waals surface area contributed by atoms with Crippen LogP contribution in [0.4, 0.5) is 5.82 Å². The lowest BCUT2D eigenvalue weighted by atomic mass is 10.9. The van der Waals surface area contributed by atoms with Crippen molar-refractivity contribution < 1.29 is 0 Å². The van der Waals surface area contributed by atoms with E-state index in [0.29, 0.717) is 14.7 Å². The van der Waals surface area contributed by atoms with Crippen LogP contribution in [0.15, 0.2) is 10.4 Å². The molecule has 0 radical (unpaired) electrons. The Hall–Kier alpha value is -0.510. The SMILES string of the molecule is Nc1n[nH]sc1=S.Sc1csnn1. The van der Waals surface area contributed by atoms with Crippen LogP contribution in [0.25, 0.3) is 0 Å². The van der Waals surface area contributed by atoms with E-state index in [4.69, 9.17) is 5.73 Å². The minimum Gasteiger partial charge on any atom is -0.380 e. The van der Waals surface area contributed by atoms with Gasteiger partial charge in [0.05, 0.1) is 0 Å². The van der Waals surface area contributed by atoms with Crippen molar-refractivity contribution in [3.63, 3.8) is 0 Å². The largest absolute Gasteiger partial charge is 0.380 e. The van der Waals surface area contributed by atoms with E-state index in [2.05, 4.69) is 44.0 Å². The Morgan fingerprint density at radius 3 is 2.54 bits per heavy atom. The molecule has 2 rings (SSSR count). The van der Waals surface area contributed by atoms with Crippen LogP contribution in [-0.4, -0.2) is 19.2 Å². The third-order valence-electron chi connectivity index (χ3n) is 0.862. The van der Waals surface area contributed by atoms with Crippen molar-refractivity contribution in [2.24, 2.45) is 0 Å². The summed E-state index contributed by atoms with van der Waals surface area (Å²) < 4.78 is 6.72. The number of anilines is 1. The summed E-state index contributed by atoms with van der Waals surface area (Å²) in [5, 5.41) is 9.59. The minimum atomic E-state index is 0.417. The number of nitrogens with zero attached hydrogens (tertiary/aromatic N) is 3. The van der Waals surface area contributed by atoms with Crippen molar-refractivity contribution in [3.8, 4) is 0 Å². The average Bonchev–Trinajstić information content (AvgIpc) is 2.67. The summed E-state index contributed by atoms with van der Waals surface area (Å²) in [6.45, 7) is 0. The van der Waals surface area contributed by atoms with Gasteiger partial charge < -0.3 is 5.73 Å². The molecular weight excluding hydrogens is 246 g/mol. The lowest BCUT2D eigenvalue weighted by Crippen LogP contribution is -1.82.